The smallest absolute Gasteiger partial charge is 0.255 e. The second-order valence-electron chi connectivity index (χ2n) is 5.71. The Morgan fingerprint density at radius 1 is 1.26 bits per heavy atom. The van der Waals surface area contributed by atoms with Crippen molar-refractivity contribution in [1.82, 2.24) is 10.0 Å². The minimum Gasteiger partial charge on any atom is -0.344 e. The lowest BCUT2D eigenvalue weighted by Crippen LogP contribution is -2.49. The van der Waals surface area contributed by atoms with Gasteiger partial charge in [0.15, 0.2) is 0 Å². The summed E-state index contributed by atoms with van der Waals surface area (Å²) in [5.41, 5.74) is 0.359. The zero-order valence-electron chi connectivity index (χ0n) is 12.7. The van der Waals surface area contributed by atoms with Gasteiger partial charge in [0.05, 0.1) is 5.75 Å². The molecule has 0 saturated heterocycles. The van der Waals surface area contributed by atoms with E-state index >= 15 is 0 Å². The molecule has 0 bridgehead atoms. The van der Waals surface area contributed by atoms with Gasteiger partial charge in [-0.2, -0.15) is 0 Å². The second kappa shape index (κ2) is 7.08. The standard InChI is InChI=1S/C15H19FN2O4S/c1-10(17-15(20)12-3-2-4-12)14(19)18-23(21,22)9-11-5-7-13(16)8-6-11/h5-8,10,12H,2-4,9H2,1H3,(H,17,20)(H,18,19). The van der Waals surface area contributed by atoms with Crippen LogP contribution in [0.1, 0.15) is 31.7 Å². The van der Waals surface area contributed by atoms with Crippen molar-refractivity contribution in [1.29, 1.82) is 0 Å². The maximum atomic E-state index is 12.8. The van der Waals surface area contributed by atoms with Crippen molar-refractivity contribution >= 4 is 21.8 Å². The highest BCUT2D eigenvalue weighted by Gasteiger charge is 2.28. The molecule has 2 N–H and O–H groups in total. The molecule has 0 heterocycles. The van der Waals surface area contributed by atoms with Gasteiger partial charge in [0, 0.05) is 5.92 Å². The first-order valence-corrected chi connectivity index (χ1v) is 9.01. The number of hydrogen-bond donors (Lipinski definition) is 2. The number of benzene rings is 1. The number of amides is 2. The summed E-state index contributed by atoms with van der Waals surface area (Å²) in [4.78, 5) is 23.7. The fourth-order valence-corrected chi connectivity index (χ4v) is 3.33. The van der Waals surface area contributed by atoms with E-state index in [-0.39, 0.29) is 11.8 Å². The van der Waals surface area contributed by atoms with E-state index in [1.807, 2.05) is 4.72 Å². The molecule has 0 spiro atoms. The van der Waals surface area contributed by atoms with E-state index in [1.54, 1.807) is 0 Å². The Hall–Kier alpha value is -1.96. The predicted octanol–water partition coefficient (Wildman–Crippen LogP) is 1.08. The molecule has 1 atom stereocenters. The van der Waals surface area contributed by atoms with E-state index in [2.05, 4.69) is 5.32 Å². The first-order chi connectivity index (χ1) is 10.8. The van der Waals surface area contributed by atoms with Crippen LogP contribution in [0.4, 0.5) is 4.39 Å². The van der Waals surface area contributed by atoms with Crippen LogP contribution >= 0.6 is 0 Å². The molecule has 2 amide bonds. The van der Waals surface area contributed by atoms with Crippen LogP contribution in [0.25, 0.3) is 0 Å². The van der Waals surface area contributed by atoms with Gasteiger partial charge in [-0.15, -0.1) is 0 Å². The first-order valence-electron chi connectivity index (χ1n) is 7.36. The van der Waals surface area contributed by atoms with E-state index in [4.69, 9.17) is 0 Å². The van der Waals surface area contributed by atoms with Crippen molar-refractivity contribution < 1.29 is 22.4 Å². The largest absolute Gasteiger partial charge is 0.344 e. The summed E-state index contributed by atoms with van der Waals surface area (Å²) in [5.74, 6) is -2.01. The minimum atomic E-state index is -3.91. The Bertz CT molecular complexity index is 684. The Kier molecular flexibility index (Phi) is 5.35. The summed E-state index contributed by atoms with van der Waals surface area (Å²) < 4.78 is 38.6. The van der Waals surface area contributed by atoms with Crippen molar-refractivity contribution in [3.05, 3.63) is 35.6 Å². The van der Waals surface area contributed by atoms with Gasteiger partial charge in [0.25, 0.3) is 5.91 Å². The lowest BCUT2D eigenvalue weighted by Gasteiger charge is -2.25. The third-order valence-corrected chi connectivity index (χ3v) is 4.98. The van der Waals surface area contributed by atoms with Crippen LogP contribution in [-0.2, 0) is 25.4 Å². The number of rotatable bonds is 6. The highest BCUT2D eigenvalue weighted by molar-refractivity contribution is 7.89. The van der Waals surface area contributed by atoms with Crippen LogP contribution in [0.15, 0.2) is 24.3 Å². The quantitative estimate of drug-likeness (QED) is 0.809. The van der Waals surface area contributed by atoms with Crippen molar-refractivity contribution in [3.8, 4) is 0 Å². The van der Waals surface area contributed by atoms with Gasteiger partial charge in [0.1, 0.15) is 11.9 Å². The van der Waals surface area contributed by atoms with E-state index in [9.17, 15) is 22.4 Å². The molecule has 1 aromatic carbocycles. The number of hydrogen-bond acceptors (Lipinski definition) is 4. The maximum Gasteiger partial charge on any atom is 0.255 e. The van der Waals surface area contributed by atoms with Crippen LogP contribution in [0.5, 0.6) is 0 Å². The van der Waals surface area contributed by atoms with Gasteiger partial charge in [-0.25, -0.2) is 12.8 Å². The molecule has 1 aliphatic carbocycles. The summed E-state index contributed by atoms with van der Waals surface area (Å²) in [7, 11) is -3.91. The molecule has 0 aliphatic heterocycles. The zero-order valence-corrected chi connectivity index (χ0v) is 13.5. The van der Waals surface area contributed by atoms with E-state index in [0.717, 1.165) is 31.4 Å². The Balaban J connectivity index is 1.89. The summed E-state index contributed by atoms with van der Waals surface area (Å²) in [6, 6.07) is 4.02. The summed E-state index contributed by atoms with van der Waals surface area (Å²) in [6.45, 7) is 1.43. The number of nitrogens with one attached hydrogen (secondary N) is 2. The highest BCUT2D eigenvalue weighted by atomic mass is 32.2. The highest BCUT2D eigenvalue weighted by Crippen LogP contribution is 2.26. The van der Waals surface area contributed by atoms with Crippen LogP contribution in [0.2, 0.25) is 0 Å². The van der Waals surface area contributed by atoms with E-state index in [0.29, 0.717) is 5.56 Å². The minimum absolute atomic E-state index is 0.0823. The monoisotopic (exact) mass is 342 g/mol. The molecular formula is C15H19FN2O4S. The van der Waals surface area contributed by atoms with Crippen molar-refractivity contribution in [2.75, 3.05) is 0 Å². The molecule has 1 aliphatic rings. The average molecular weight is 342 g/mol. The Morgan fingerprint density at radius 3 is 2.39 bits per heavy atom. The number of halogens is 1. The Morgan fingerprint density at radius 2 is 1.87 bits per heavy atom. The van der Waals surface area contributed by atoms with Crippen molar-refractivity contribution in [2.24, 2.45) is 5.92 Å². The zero-order chi connectivity index (χ0) is 17.0. The van der Waals surface area contributed by atoms with Gasteiger partial charge >= 0.3 is 0 Å². The molecule has 2 rings (SSSR count). The summed E-state index contributed by atoms with van der Waals surface area (Å²) >= 11 is 0. The van der Waals surface area contributed by atoms with Gasteiger partial charge in [-0.1, -0.05) is 18.6 Å². The van der Waals surface area contributed by atoms with Crippen molar-refractivity contribution in [2.45, 2.75) is 38.0 Å². The maximum absolute atomic E-state index is 12.8. The lowest BCUT2D eigenvalue weighted by molar-refractivity contribution is -0.131. The second-order valence-corrected chi connectivity index (χ2v) is 7.43. The lowest BCUT2D eigenvalue weighted by atomic mass is 9.84. The van der Waals surface area contributed by atoms with Crippen LogP contribution in [0, 0.1) is 11.7 Å². The summed E-state index contributed by atoms with van der Waals surface area (Å²) in [5, 5.41) is 2.51. The SMILES string of the molecule is CC(NC(=O)C1CCC1)C(=O)NS(=O)(=O)Cc1ccc(F)cc1. The summed E-state index contributed by atoms with van der Waals surface area (Å²) in [6.07, 6.45) is 2.58. The van der Waals surface area contributed by atoms with E-state index in [1.165, 1.54) is 19.1 Å². The number of carbonyl (C=O) groups excluding carboxylic acids is 2. The van der Waals surface area contributed by atoms with Gasteiger partial charge < -0.3 is 5.32 Å². The van der Waals surface area contributed by atoms with Gasteiger partial charge in [-0.05, 0) is 37.5 Å². The van der Waals surface area contributed by atoms with Crippen LogP contribution in [0.3, 0.4) is 0 Å². The van der Waals surface area contributed by atoms with Crippen molar-refractivity contribution in [3.63, 3.8) is 0 Å². The van der Waals surface area contributed by atoms with Gasteiger partial charge in [-0.3, -0.25) is 14.3 Å². The first kappa shape index (κ1) is 17.4. The topological polar surface area (TPSA) is 92.3 Å². The third-order valence-electron chi connectivity index (χ3n) is 3.75. The van der Waals surface area contributed by atoms with Crippen LogP contribution in [-0.4, -0.2) is 26.3 Å². The van der Waals surface area contributed by atoms with E-state index < -0.39 is 33.5 Å². The number of carbonyl (C=O) groups is 2. The molecule has 0 aromatic heterocycles. The number of sulfonamides is 1. The Labute approximate surface area is 134 Å². The molecule has 1 unspecified atom stereocenters. The molecule has 6 nitrogen and oxygen atoms in total. The van der Waals surface area contributed by atoms with Gasteiger partial charge in [0.2, 0.25) is 15.9 Å². The molecule has 8 heteroatoms. The predicted molar refractivity (Wildman–Crippen MR) is 82.1 cm³/mol. The fourth-order valence-electron chi connectivity index (χ4n) is 2.15. The normalized spacial score (nSPS) is 16.3. The average Bonchev–Trinajstić information content (AvgIpc) is 2.38. The molecule has 23 heavy (non-hydrogen) atoms. The molecular weight excluding hydrogens is 323 g/mol. The molecule has 1 fully saturated rings. The molecule has 1 saturated carbocycles. The fraction of sp³-hybridized carbons (Fsp3) is 0.467. The van der Waals surface area contributed by atoms with Crippen LogP contribution < -0.4 is 10.0 Å². The molecule has 126 valence electrons. The molecule has 0 radical (unpaired) electrons. The molecule has 1 aromatic rings. The third kappa shape index (κ3) is 5.02.